The summed E-state index contributed by atoms with van der Waals surface area (Å²) < 4.78 is 10.1. The van der Waals surface area contributed by atoms with E-state index < -0.39 is 0 Å². The van der Waals surface area contributed by atoms with Crippen LogP contribution in [0.15, 0.2) is 22.7 Å². The Morgan fingerprint density at radius 1 is 1.35 bits per heavy atom. The van der Waals surface area contributed by atoms with Gasteiger partial charge in [0, 0.05) is 26.0 Å². The van der Waals surface area contributed by atoms with Crippen LogP contribution in [0.3, 0.4) is 0 Å². The predicted octanol–water partition coefficient (Wildman–Crippen LogP) is 2.48. The molecule has 0 saturated carbocycles. The molecule has 1 unspecified atom stereocenters. The van der Waals surface area contributed by atoms with Crippen LogP contribution in [-0.2, 0) is 17.6 Å². The smallest absolute Gasteiger partial charge is 0.228 e. The number of aromatic nitrogens is 2. The van der Waals surface area contributed by atoms with E-state index in [2.05, 4.69) is 10.1 Å². The second kappa shape index (κ2) is 7.04. The monoisotopic (exact) mass is 315 g/mol. The summed E-state index contributed by atoms with van der Waals surface area (Å²) in [4.78, 5) is 4.29. The number of halogens is 2. The molecule has 0 aliphatic carbocycles. The zero-order valence-corrected chi connectivity index (χ0v) is 12.5. The first-order chi connectivity index (χ1) is 9.58. The number of ether oxygens (including phenoxy) is 1. The largest absolute Gasteiger partial charge is 0.383 e. The van der Waals surface area contributed by atoms with E-state index in [1.165, 1.54) is 0 Å². The van der Waals surface area contributed by atoms with Gasteiger partial charge in [0.05, 0.1) is 16.7 Å². The lowest BCUT2D eigenvalue weighted by Gasteiger charge is -2.05. The highest BCUT2D eigenvalue weighted by Gasteiger charge is 2.12. The predicted molar refractivity (Wildman–Crippen MR) is 77.1 cm³/mol. The van der Waals surface area contributed by atoms with Crippen molar-refractivity contribution in [2.45, 2.75) is 18.9 Å². The van der Waals surface area contributed by atoms with E-state index in [0.29, 0.717) is 41.2 Å². The van der Waals surface area contributed by atoms with E-state index in [-0.39, 0.29) is 6.04 Å². The Kier molecular flexibility index (Phi) is 5.37. The van der Waals surface area contributed by atoms with Crippen LogP contribution in [0.25, 0.3) is 0 Å². The molecule has 0 radical (unpaired) electrons. The third-order valence-electron chi connectivity index (χ3n) is 2.67. The summed E-state index contributed by atoms with van der Waals surface area (Å²) in [7, 11) is 1.60. The minimum absolute atomic E-state index is 0.154. The van der Waals surface area contributed by atoms with Crippen LogP contribution in [0.4, 0.5) is 0 Å². The van der Waals surface area contributed by atoms with Gasteiger partial charge in [-0.25, -0.2) is 0 Å². The number of methoxy groups -OCH3 is 1. The summed E-state index contributed by atoms with van der Waals surface area (Å²) >= 11 is 11.8. The third-order valence-corrected chi connectivity index (χ3v) is 3.41. The Morgan fingerprint density at radius 2 is 2.15 bits per heavy atom. The van der Waals surface area contributed by atoms with E-state index in [0.717, 1.165) is 5.56 Å². The first kappa shape index (κ1) is 15.3. The average molecular weight is 316 g/mol. The molecule has 2 N–H and O–H groups in total. The minimum Gasteiger partial charge on any atom is -0.383 e. The lowest BCUT2D eigenvalue weighted by Crippen LogP contribution is -2.28. The van der Waals surface area contributed by atoms with Crippen molar-refractivity contribution in [2.24, 2.45) is 5.73 Å². The van der Waals surface area contributed by atoms with Crippen LogP contribution in [0.5, 0.6) is 0 Å². The summed E-state index contributed by atoms with van der Waals surface area (Å²) in [6.07, 6.45) is 1.02. The fraction of sp³-hybridized carbons (Fsp3) is 0.385. The summed E-state index contributed by atoms with van der Waals surface area (Å²) in [6, 6.07) is 5.25. The molecule has 2 aromatic rings. The molecule has 0 fully saturated rings. The van der Waals surface area contributed by atoms with Crippen LogP contribution in [0, 0.1) is 0 Å². The Balaban J connectivity index is 2.00. The normalized spacial score (nSPS) is 12.6. The molecule has 1 aromatic heterocycles. The number of benzene rings is 1. The number of hydrogen-bond donors (Lipinski definition) is 1. The number of hydrogen-bond acceptors (Lipinski definition) is 5. The average Bonchev–Trinajstić information content (AvgIpc) is 2.81. The first-order valence-corrected chi connectivity index (χ1v) is 6.84. The van der Waals surface area contributed by atoms with Crippen LogP contribution in [-0.4, -0.2) is 29.9 Å². The second-order valence-electron chi connectivity index (χ2n) is 4.45. The maximum Gasteiger partial charge on any atom is 0.228 e. The van der Waals surface area contributed by atoms with Crippen LogP contribution in [0.1, 0.15) is 17.3 Å². The first-order valence-electron chi connectivity index (χ1n) is 6.08. The second-order valence-corrected chi connectivity index (χ2v) is 5.26. The van der Waals surface area contributed by atoms with Crippen molar-refractivity contribution >= 4 is 23.2 Å². The highest BCUT2D eigenvalue weighted by Crippen LogP contribution is 2.23. The van der Waals surface area contributed by atoms with Crippen molar-refractivity contribution < 1.29 is 9.26 Å². The van der Waals surface area contributed by atoms with Crippen molar-refractivity contribution in [3.05, 3.63) is 45.5 Å². The van der Waals surface area contributed by atoms with Crippen molar-refractivity contribution in [2.75, 3.05) is 13.7 Å². The quantitative estimate of drug-likeness (QED) is 0.886. The van der Waals surface area contributed by atoms with Gasteiger partial charge in [0.2, 0.25) is 5.89 Å². The topological polar surface area (TPSA) is 74.2 Å². The summed E-state index contributed by atoms with van der Waals surface area (Å²) in [5, 5.41) is 4.95. The van der Waals surface area contributed by atoms with Gasteiger partial charge in [0.15, 0.2) is 5.82 Å². The van der Waals surface area contributed by atoms with Gasteiger partial charge in [0.1, 0.15) is 0 Å². The highest BCUT2D eigenvalue weighted by atomic mass is 35.5. The van der Waals surface area contributed by atoms with E-state index >= 15 is 0 Å². The molecule has 108 valence electrons. The van der Waals surface area contributed by atoms with Crippen molar-refractivity contribution in [1.82, 2.24) is 10.1 Å². The molecule has 0 amide bonds. The van der Waals surface area contributed by atoms with E-state index in [9.17, 15) is 0 Å². The van der Waals surface area contributed by atoms with Gasteiger partial charge >= 0.3 is 0 Å². The summed E-state index contributed by atoms with van der Waals surface area (Å²) in [6.45, 7) is 0.449. The number of nitrogens with zero attached hydrogens (tertiary/aromatic N) is 2. The zero-order chi connectivity index (χ0) is 14.5. The van der Waals surface area contributed by atoms with Gasteiger partial charge in [-0.1, -0.05) is 34.4 Å². The van der Waals surface area contributed by atoms with E-state index in [1.807, 2.05) is 6.07 Å². The highest BCUT2D eigenvalue weighted by molar-refractivity contribution is 6.42. The Bertz CT molecular complexity index is 574. The molecule has 2 rings (SSSR count). The van der Waals surface area contributed by atoms with Gasteiger partial charge in [-0.2, -0.15) is 4.98 Å². The SMILES string of the molecule is COCC(N)Cc1nc(Cc2ccc(Cl)c(Cl)c2)no1. The Labute approximate surface area is 127 Å². The molecule has 0 aliphatic rings. The van der Waals surface area contributed by atoms with Crippen LogP contribution >= 0.6 is 23.2 Å². The van der Waals surface area contributed by atoms with Crippen LogP contribution in [0.2, 0.25) is 10.0 Å². The third kappa shape index (κ3) is 4.18. The molecule has 5 nitrogen and oxygen atoms in total. The molecule has 1 heterocycles. The summed E-state index contributed by atoms with van der Waals surface area (Å²) in [5.74, 6) is 1.09. The Morgan fingerprint density at radius 3 is 2.85 bits per heavy atom. The minimum atomic E-state index is -0.154. The lowest BCUT2D eigenvalue weighted by atomic mass is 10.1. The zero-order valence-electron chi connectivity index (χ0n) is 11.0. The van der Waals surface area contributed by atoms with Crippen molar-refractivity contribution in [3.8, 4) is 0 Å². The summed E-state index contributed by atoms with van der Waals surface area (Å²) in [5.41, 5.74) is 6.80. The van der Waals surface area contributed by atoms with Gasteiger partial charge in [-0.3, -0.25) is 0 Å². The molecule has 0 aliphatic heterocycles. The van der Waals surface area contributed by atoms with E-state index in [4.69, 9.17) is 38.2 Å². The van der Waals surface area contributed by atoms with Gasteiger partial charge in [-0.05, 0) is 17.7 Å². The Hall–Kier alpha value is -1.14. The van der Waals surface area contributed by atoms with Crippen LogP contribution < -0.4 is 5.73 Å². The molecule has 1 atom stereocenters. The fourth-order valence-electron chi connectivity index (χ4n) is 1.77. The van der Waals surface area contributed by atoms with Gasteiger partial charge in [0.25, 0.3) is 0 Å². The molecule has 0 saturated heterocycles. The molecule has 7 heteroatoms. The van der Waals surface area contributed by atoms with Crippen molar-refractivity contribution in [3.63, 3.8) is 0 Å². The molecular weight excluding hydrogens is 301 g/mol. The van der Waals surface area contributed by atoms with Crippen molar-refractivity contribution in [1.29, 1.82) is 0 Å². The molecule has 1 aromatic carbocycles. The standard InChI is InChI=1S/C13H15Cl2N3O2/c1-19-7-9(16)6-13-17-12(18-20-13)5-8-2-3-10(14)11(15)4-8/h2-4,9H,5-7,16H2,1H3. The number of rotatable bonds is 6. The molecule has 20 heavy (non-hydrogen) atoms. The van der Waals surface area contributed by atoms with E-state index in [1.54, 1.807) is 19.2 Å². The molecular formula is C13H15Cl2N3O2. The van der Waals surface area contributed by atoms with Gasteiger partial charge in [-0.15, -0.1) is 0 Å². The number of nitrogens with two attached hydrogens (primary N) is 1. The maximum absolute atomic E-state index is 5.96. The molecule has 0 spiro atoms. The van der Waals surface area contributed by atoms with Gasteiger partial charge < -0.3 is 15.0 Å². The lowest BCUT2D eigenvalue weighted by molar-refractivity contribution is 0.176. The molecule has 0 bridgehead atoms. The fourth-order valence-corrected chi connectivity index (χ4v) is 2.10. The maximum atomic E-state index is 5.96.